The van der Waals surface area contributed by atoms with Crippen LogP contribution in [0.25, 0.3) is 0 Å². The largest absolute Gasteiger partial charge is 0.476 e. The van der Waals surface area contributed by atoms with Gasteiger partial charge in [0.05, 0.1) is 0 Å². The van der Waals surface area contributed by atoms with Gasteiger partial charge in [-0.25, -0.2) is 4.79 Å². The van der Waals surface area contributed by atoms with Crippen molar-refractivity contribution in [1.29, 1.82) is 0 Å². The Labute approximate surface area is 38.7 Å². The third-order valence-electron chi connectivity index (χ3n) is 0.264. The average Bonchev–Trinajstić information content (AvgIpc) is 1.27. The van der Waals surface area contributed by atoms with E-state index in [-0.39, 0.29) is 0 Å². The number of hydrogen-bond acceptors (Lipinski definition) is 3. The summed E-state index contributed by atoms with van der Waals surface area (Å²) >= 11 is 0. The zero-order valence-corrected chi connectivity index (χ0v) is 3.33. The highest BCUT2D eigenvalue weighted by molar-refractivity contribution is 5.67. The maximum Gasteiger partial charge on any atom is 0.376 e. The van der Waals surface area contributed by atoms with Crippen LogP contribution in [0.3, 0.4) is 0 Å². The number of hydrogen-bond donors (Lipinski definition) is 1. The van der Waals surface area contributed by atoms with Crippen molar-refractivity contribution in [2.45, 2.75) is 0 Å². The zero-order valence-electron chi connectivity index (χ0n) is 3.33. The minimum absolute atomic E-state index is 0.900. The Bertz CT molecular complexity index is 85.9. The predicted octanol–water partition coefficient (Wildman–Crippen LogP) is -0.652. The lowest BCUT2D eigenvalue weighted by Crippen LogP contribution is -2.11. The van der Waals surface area contributed by atoms with Crippen LogP contribution in [-0.4, -0.2) is 22.5 Å². The quantitative estimate of drug-likeness (QED) is 0.375. The van der Waals surface area contributed by atoms with Crippen LogP contribution in [0.2, 0.25) is 0 Å². The van der Waals surface area contributed by atoms with E-state index in [1.165, 1.54) is 0 Å². The molecule has 0 amide bonds. The summed E-state index contributed by atoms with van der Waals surface area (Å²) in [6.07, 6.45) is 0. The zero-order chi connectivity index (χ0) is 5.86. The average molecular weight is 107 g/mol. The maximum absolute atomic E-state index is 9.37. The second-order valence-electron chi connectivity index (χ2n) is 0.885. The van der Waals surface area contributed by atoms with Gasteiger partial charge < -0.3 is 5.11 Å². The van der Waals surface area contributed by atoms with Crippen LogP contribution in [0, 0.1) is 10.1 Å². The minimum atomic E-state index is -1.41. The Morgan fingerprint density at radius 1 is 1.86 bits per heavy atom. The number of carboxylic acids is 1. The molecule has 0 aromatic carbocycles. The van der Waals surface area contributed by atoms with Gasteiger partial charge in [-0.3, -0.25) is 10.1 Å². The van der Waals surface area contributed by atoms with Crippen LogP contribution >= 0.6 is 0 Å². The number of nitro groups is 1. The van der Waals surface area contributed by atoms with Gasteiger partial charge in [-0.2, -0.15) is 0 Å². The summed E-state index contributed by atoms with van der Waals surface area (Å²) in [5.74, 6) is -1.41. The number of nitrogens with zero attached hydrogens (tertiary/aromatic N) is 1. The van der Waals surface area contributed by atoms with Gasteiger partial charge in [0.1, 0.15) is 0 Å². The number of aliphatic carboxylic acids is 1. The summed E-state index contributed by atoms with van der Waals surface area (Å²) in [5.41, 5.74) is 0. The lowest BCUT2D eigenvalue weighted by Gasteiger charge is -1.79. The van der Waals surface area contributed by atoms with Crippen molar-refractivity contribution in [1.82, 2.24) is 0 Å². The summed E-state index contributed by atoms with van der Waals surface area (Å²) < 4.78 is 0. The van der Waals surface area contributed by atoms with E-state index in [1.807, 2.05) is 0 Å². The molecule has 0 unspecified atom stereocenters. The van der Waals surface area contributed by atoms with Gasteiger partial charge >= 0.3 is 5.97 Å². The van der Waals surface area contributed by atoms with Gasteiger partial charge in [0, 0.05) is 4.92 Å². The van der Waals surface area contributed by atoms with Crippen molar-refractivity contribution < 1.29 is 14.8 Å². The van der Waals surface area contributed by atoms with Crippen molar-refractivity contribution >= 4 is 5.97 Å². The first-order chi connectivity index (χ1) is 3.13. The summed E-state index contributed by atoms with van der Waals surface area (Å²) in [6.45, 7) is -1.00. The molecule has 0 aromatic heterocycles. The van der Waals surface area contributed by atoms with E-state index in [4.69, 9.17) is 5.11 Å². The fraction of sp³-hybridized carbons (Fsp3) is 0.500. The summed E-state index contributed by atoms with van der Waals surface area (Å²) in [5, 5.41) is 16.9. The van der Waals surface area contributed by atoms with E-state index in [2.05, 4.69) is 0 Å². The molecule has 1 N–H and O–H groups in total. The van der Waals surface area contributed by atoms with Crippen LogP contribution < -0.4 is 0 Å². The molecule has 0 aromatic rings. The van der Waals surface area contributed by atoms with E-state index >= 15 is 0 Å². The molecular formula is C2H3NO4. The van der Waals surface area contributed by atoms with Gasteiger partial charge in [-0.15, -0.1) is 0 Å². The smallest absolute Gasteiger partial charge is 0.376 e. The second-order valence-corrected chi connectivity index (χ2v) is 0.885. The summed E-state index contributed by atoms with van der Waals surface area (Å²) in [4.78, 5) is 17.7. The molecule has 0 fully saturated rings. The summed E-state index contributed by atoms with van der Waals surface area (Å²) in [6, 6.07) is 0. The normalized spacial score (nSPS) is 8.00. The minimum Gasteiger partial charge on any atom is -0.476 e. The monoisotopic (exact) mass is 107 g/mol. The first-order valence-corrected chi connectivity index (χ1v) is 1.46. The molecule has 0 aliphatic heterocycles. The van der Waals surface area contributed by atoms with E-state index in [9.17, 15) is 14.9 Å². The summed E-state index contributed by atoms with van der Waals surface area (Å²) in [7, 11) is 0. The fourth-order valence-corrected chi connectivity index (χ4v) is 0.110. The molecule has 0 aliphatic carbocycles. The van der Waals surface area contributed by atoms with E-state index in [0.29, 0.717) is 0 Å². The fourth-order valence-electron chi connectivity index (χ4n) is 0.110. The molecule has 5 heteroatoms. The van der Waals surface area contributed by atoms with Crippen LogP contribution in [-0.2, 0) is 4.79 Å². The Kier molecular flexibility index (Phi) is 1.78. The first-order valence-electron chi connectivity index (χ1n) is 1.46. The van der Waals surface area contributed by atoms with Crippen LogP contribution in [0.15, 0.2) is 0 Å². The maximum atomic E-state index is 9.37. The molecule has 0 bridgehead atoms. The van der Waals surface area contributed by atoms with Crippen LogP contribution in [0.1, 0.15) is 0 Å². The highest BCUT2D eigenvalue weighted by Crippen LogP contribution is 1.64. The third kappa shape index (κ3) is 4.87. The van der Waals surface area contributed by atoms with Gasteiger partial charge in [-0.1, -0.05) is 0 Å². The number of carbonyl (C=O) groups is 1. The van der Waals surface area contributed by atoms with Gasteiger partial charge in [0.15, 0.2) is 0 Å². The van der Waals surface area contributed by atoms with Crippen molar-refractivity contribution in [3.63, 3.8) is 0 Å². The molecule has 0 rings (SSSR count). The molecule has 7 heavy (non-hydrogen) atoms. The molecule has 0 aliphatic rings. The van der Waals surface area contributed by atoms with E-state index in [0.717, 1.165) is 0 Å². The molecule has 0 saturated carbocycles. The molecule has 5 nitrogen and oxygen atoms in total. The van der Waals surface area contributed by atoms with Crippen molar-refractivity contribution in [2.24, 2.45) is 0 Å². The van der Waals surface area contributed by atoms with Gasteiger partial charge in [0.25, 0.3) is 6.54 Å². The molecular weight excluding hydrogens is 104 g/mol. The van der Waals surface area contributed by atoms with Gasteiger partial charge in [0.2, 0.25) is 0 Å². The Morgan fingerprint density at radius 3 is 2.29 bits per heavy atom. The molecule has 0 heterocycles. The van der Waals surface area contributed by atoms with Crippen molar-refractivity contribution in [2.75, 3.05) is 6.54 Å². The molecule has 0 atom stereocenters. The molecule has 0 saturated heterocycles. The SMILES string of the molecule is O=[14C](O)C[N+](=O)[O-]. The van der Waals surface area contributed by atoms with Crippen LogP contribution in [0.4, 0.5) is 0 Å². The predicted molar refractivity (Wildman–Crippen MR) is 19.5 cm³/mol. The Hall–Kier alpha value is -1.13. The van der Waals surface area contributed by atoms with Crippen LogP contribution in [0.5, 0.6) is 0 Å². The second kappa shape index (κ2) is 2.12. The third-order valence-corrected chi connectivity index (χ3v) is 0.264. The lowest BCUT2D eigenvalue weighted by molar-refractivity contribution is -0.469. The molecule has 40 valence electrons. The van der Waals surface area contributed by atoms with Crippen molar-refractivity contribution in [3.05, 3.63) is 10.1 Å². The molecule has 0 spiro atoms. The first kappa shape index (κ1) is 5.87. The number of carboxylic acid groups (broad SMARTS) is 1. The Balaban J connectivity index is 3.32. The highest BCUT2D eigenvalue weighted by Gasteiger charge is 2.02. The van der Waals surface area contributed by atoms with E-state index < -0.39 is 17.4 Å². The Morgan fingerprint density at radius 2 is 2.29 bits per heavy atom. The molecule has 0 radical (unpaired) electrons. The topological polar surface area (TPSA) is 80.4 Å². The van der Waals surface area contributed by atoms with Crippen molar-refractivity contribution in [3.8, 4) is 0 Å². The highest BCUT2D eigenvalue weighted by atomic mass is 16.7. The standard InChI is InChI=1S/C2H3NO4/c4-2(5)1-3(6)7/h1H2,(H,4,5)/i2+2. The lowest BCUT2D eigenvalue weighted by atomic mass is 11.2. The number of rotatable bonds is 2. The van der Waals surface area contributed by atoms with E-state index in [1.54, 1.807) is 0 Å². The van der Waals surface area contributed by atoms with Gasteiger partial charge in [-0.05, 0) is 0 Å².